The predicted octanol–water partition coefficient (Wildman–Crippen LogP) is 1.27. The molecule has 0 aliphatic rings. The molecule has 2 rings (SSSR count). The number of carbonyl (C=O) groups is 2. The Morgan fingerprint density at radius 3 is 2.62 bits per heavy atom. The van der Waals surface area contributed by atoms with Crippen molar-refractivity contribution in [2.24, 2.45) is 5.73 Å². The second-order valence-corrected chi connectivity index (χ2v) is 4.64. The maximum Gasteiger partial charge on any atom is 0.253 e. The molecule has 0 aliphatic heterocycles. The standard InChI is InChI=1S/C15H18N4O2/c1-2-7-17-14-11-6-4-3-5-10(11)12(8-18-14)15(21)19-9-13(16)20/h3-6,8H,2,7,9H2,1H3,(H2,16,20)(H,17,18)(H,19,21). The van der Waals surface area contributed by atoms with E-state index in [1.54, 1.807) is 0 Å². The molecule has 0 fully saturated rings. The van der Waals surface area contributed by atoms with Crippen LogP contribution in [0.15, 0.2) is 30.5 Å². The summed E-state index contributed by atoms with van der Waals surface area (Å²) in [6.07, 6.45) is 2.49. The van der Waals surface area contributed by atoms with Gasteiger partial charge in [0.15, 0.2) is 0 Å². The van der Waals surface area contributed by atoms with Gasteiger partial charge >= 0.3 is 0 Å². The lowest BCUT2D eigenvalue weighted by Crippen LogP contribution is -2.33. The molecule has 2 aromatic rings. The maximum absolute atomic E-state index is 12.1. The Bertz CT molecular complexity index is 670. The van der Waals surface area contributed by atoms with Gasteiger partial charge in [0, 0.05) is 18.1 Å². The van der Waals surface area contributed by atoms with Crippen molar-refractivity contribution in [2.75, 3.05) is 18.4 Å². The van der Waals surface area contributed by atoms with Crippen molar-refractivity contribution in [3.63, 3.8) is 0 Å². The maximum atomic E-state index is 12.1. The Hall–Kier alpha value is -2.63. The zero-order valence-electron chi connectivity index (χ0n) is 11.8. The van der Waals surface area contributed by atoms with Gasteiger partial charge in [-0.25, -0.2) is 4.98 Å². The number of primary amides is 1. The van der Waals surface area contributed by atoms with Crippen LogP contribution in [0.5, 0.6) is 0 Å². The van der Waals surface area contributed by atoms with E-state index in [-0.39, 0.29) is 12.5 Å². The van der Waals surface area contributed by atoms with Crippen LogP contribution in [0.1, 0.15) is 23.7 Å². The summed E-state index contributed by atoms with van der Waals surface area (Å²) in [4.78, 5) is 27.2. The van der Waals surface area contributed by atoms with Gasteiger partial charge in [0.05, 0.1) is 12.1 Å². The SMILES string of the molecule is CCCNc1ncc(C(=O)NCC(N)=O)c2ccccc12. The first-order valence-corrected chi connectivity index (χ1v) is 6.81. The van der Waals surface area contributed by atoms with Gasteiger partial charge in [0.2, 0.25) is 5.91 Å². The molecular formula is C15H18N4O2. The van der Waals surface area contributed by atoms with E-state index in [1.807, 2.05) is 24.3 Å². The fraction of sp³-hybridized carbons (Fsp3) is 0.267. The number of nitrogens with one attached hydrogen (secondary N) is 2. The monoisotopic (exact) mass is 286 g/mol. The Morgan fingerprint density at radius 1 is 1.24 bits per heavy atom. The van der Waals surface area contributed by atoms with E-state index in [0.717, 1.165) is 29.6 Å². The van der Waals surface area contributed by atoms with Gasteiger partial charge in [-0.15, -0.1) is 0 Å². The average molecular weight is 286 g/mol. The molecule has 1 aromatic carbocycles. The zero-order valence-corrected chi connectivity index (χ0v) is 11.8. The van der Waals surface area contributed by atoms with Crippen molar-refractivity contribution in [3.8, 4) is 0 Å². The van der Waals surface area contributed by atoms with E-state index in [4.69, 9.17) is 5.73 Å². The van der Waals surface area contributed by atoms with Gasteiger partial charge < -0.3 is 16.4 Å². The number of amides is 2. The lowest BCUT2D eigenvalue weighted by molar-refractivity contribution is -0.117. The Labute approximate surface area is 122 Å². The molecule has 4 N–H and O–H groups in total. The summed E-state index contributed by atoms with van der Waals surface area (Å²) >= 11 is 0. The number of pyridine rings is 1. The largest absolute Gasteiger partial charge is 0.370 e. The molecule has 0 radical (unpaired) electrons. The number of benzene rings is 1. The first-order chi connectivity index (χ1) is 10.1. The van der Waals surface area contributed by atoms with Crippen LogP contribution in [0.4, 0.5) is 5.82 Å². The van der Waals surface area contributed by atoms with E-state index < -0.39 is 5.91 Å². The number of anilines is 1. The zero-order chi connectivity index (χ0) is 15.2. The topological polar surface area (TPSA) is 97.1 Å². The average Bonchev–Trinajstić information content (AvgIpc) is 2.50. The minimum atomic E-state index is -0.582. The van der Waals surface area contributed by atoms with Crippen molar-refractivity contribution in [2.45, 2.75) is 13.3 Å². The van der Waals surface area contributed by atoms with E-state index in [0.29, 0.717) is 5.56 Å². The molecule has 0 unspecified atom stereocenters. The van der Waals surface area contributed by atoms with Crippen LogP contribution in [-0.2, 0) is 4.79 Å². The number of carbonyl (C=O) groups excluding carboxylic acids is 2. The second kappa shape index (κ2) is 6.69. The second-order valence-electron chi connectivity index (χ2n) is 4.64. The molecule has 0 atom stereocenters. The number of aromatic nitrogens is 1. The summed E-state index contributed by atoms with van der Waals surface area (Å²) in [5.74, 6) is -0.194. The molecule has 110 valence electrons. The van der Waals surface area contributed by atoms with Crippen molar-refractivity contribution in [1.82, 2.24) is 10.3 Å². The number of rotatable bonds is 6. The molecule has 0 aliphatic carbocycles. The molecule has 2 amide bonds. The van der Waals surface area contributed by atoms with E-state index in [1.165, 1.54) is 6.20 Å². The van der Waals surface area contributed by atoms with Crippen LogP contribution in [0, 0.1) is 0 Å². The van der Waals surface area contributed by atoms with Crippen molar-refractivity contribution < 1.29 is 9.59 Å². The summed E-state index contributed by atoms with van der Waals surface area (Å²) in [7, 11) is 0. The predicted molar refractivity (Wildman–Crippen MR) is 82.1 cm³/mol. The third-order valence-corrected chi connectivity index (χ3v) is 3.01. The number of nitrogens with zero attached hydrogens (tertiary/aromatic N) is 1. The van der Waals surface area contributed by atoms with Gasteiger partial charge in [-0.3, -0.25) is 9.59 Å². The fourth-order valence-electron chi connectivity index (χ4n) is 2.02. The molecule has 1 heterocycles. The van der Waals surface area contributed by atoms with Crippen LogP contribution >= 0.6 is 0 Å². The number of nitrogens with two attached hydrogens (primary N) is 1. The minimum Gasteiger partial charge on any atom is -0.370 e. The number of fused-ring (bicyclic) bond motifs is 1. The summed E-state index contributed by atoms with van der Waals surface area (Å²) in [5, 5.41) is 7.37. The van der Waals surface area contributed by atoms with E-state index in [9.17, 15) is 9.59 Å². The molecule has 6 heteroatoms. The highest BCUT2D eigenvalue weighted by Gasteiger charge is 2.13. The summed E-state index contributed by atoms with van der Waals surface area (Å²) in [6.45, 7) is 2.69. The fourth-order valence-corrected chi connectivity index (χ4v) is 2.02. The third-order valence-electron chi connectivity index (χ3n) is 3.01. The Balaban J connectivity index is 2.37. The normalized spacial score (nSPS) is 10.3. The molecule has 0 spiro atoms. The van der Waals surface area contributed by atoms with Gasteiger partial charge in [-0.2, -0.15) is 0 Å². The number of hydrogen-bond donors (Lipinski definition) is 3. The van der Waals surface area contributed by atoms with Crippen LogP contribution in [0.25, 0.3) is 10.8 Å². The van der Waals surface area contributed by atoms with Gasteiger partial charge in [-0.05, 0) is 11.8 Å². The van der Waals surface area contributed by atoms with Crippen molar-refractivity contribution >= 4 is 28.4 Å². The quantitative estimate of drug-likeness (QED) is 0.745. The lowest BCUT2D eigenvalue weighted by Gasteiger charge is -2.11. The molecule has 0 bridgehead atoms. The third kappa shape index (κ3) is 3.47. The van der Waals surface area contributed by atoms with E-state index >= 15 is 0 Å². The minimum absolute atomic E-state index is 0.191. The molecule has 0 saturated heterocycles. The molecule has 1 aromatic heterocycles. The van der Waals surface area contributed by atoms with Gasteiger partial charge in [-0.1, -0.05) is 31.2 Å². The highest BCUT2D eigenvalue weighted by atomic mass is 16.2. The molecule has 6 nitrogen and oxygen atoms in total. The highest BCUT2D eigenvalue weighted by molar-refractivity contribution is 6.09. The molecular weight excluding hydrogens is 268 g/mol. The van der Waals surface area contributed by atoms with Crippen molar-refractivity contribution in [1.29, 1.82) is 0 Å². The Morgan fingerprint density at radius 2 is 1.95 bits per heavy atom. The first-order valence-electron chi connectivity index (χ1n) is 6.81. The van der Waals surface area contributed by atoms with E-state index in [2.05, 4.69) is 22.5 Å². The summed E-state index contributed by atoms with van der Waals surface area (Å²) in [5.41, 5.74) is 5.46. The van der Waals surface area contributed by atoms with Crippen LogP contribution in [-0.4, -0.2) is 29.9 Å². The van der Waals surface area contributed by atoms with Crippen LogP contribution in [0.3, 0.4) is 0 Å². The van der Waals surface area contributed by atoms with Crippen LogP contribution < -0.4 is 16.4 Å². The van der Waals surface area contributed by atoms with Gasteiger partial charge in [0.25, 0.3) is 5.91 Å². The smallest absolute Gasteiger partial charge is 0.253 e. The Kier molecular flexibility index (Phi) is 4.71. The van der Waals surface area contributed by atoms with Crippen LogP contribution in [0.2, 0.25) is 0 Å². The molecule has 21 heavy (non-hydrogen) atoms. The number of hydrogen-bond acceptors (Lipinski definition) is 4. The molecule has 0 saturated carbocycles. The van der Waals surface area contributed by atoms with Gasteiger partial charge in [0.1, 0.15) is 5.82 Å². The highest BCUT2D eigenvalue weighted by Crippen LogP contribution is 2.24. The summed E-state index contributed by atoms with van der Waals surface area (Å²) in [6, 6.07) is 7.52. The summed E-state index contributed by atoms with van der Waals surface area (Å²) < 4.78 is 0. The van der Waals surface area contributed by atoms with Crippen molar-refractivity contribution in [3.05, 3.63) is 36.0 Å². The lowest BCUT2D eigenvalue weighted by atomic mass is 10.1. The first kappa shape index (κ1) is 14.8.